The van der Waals surface area contributed by atoms with Crippen LogP contribution in [0.25, 0.3) is 0 Å². The molecular formula is C13H13F4NO3. The molecule has 1 aliphatic rings. The number of hydrogen-bond acceptors (Lipinski definition) is 3. The molecule has 8 heteroatoms. The lowest BCUT2D eigenvalue weighted by molar-refractivity contribution is 0.000419. The Bertz CT molecular complexity index is 545. The molecule has 0 saturated carbocycles. The summed E-state index contributed by atoms with van der Waals surface area (Å²) in [4.78, 5) is 10.9. The van der Waals surface area contributed by atoms with E-state index >= 15 is 0 Å². The molecule has 1 amide bonds. The third-order valence-corrected chi connectivity index (χ3v) is 2.92. The van der Waals surface area contributed by atoms with Gasteiger partial charge < -0.3 is 14.8 Å². The zero-order valence-electron chi connectivity index (χ0n) is 11.1. The molecule has 4 nitrogen and oxygen atoms in total. The summed E-state index contributed by atoms with van der Waals surface area (Å²) in [6, 6.07) is 1.56. The molecule has 2 rings (SSSR count). The first-order valence-corrected chi connectivity index (χ1v) is 6.20. The van der Waals surface area contributed by atoms with Gasteiger partial charge in [-0.2, -0.15) is 4.39 Å². The van der Waals surface area contributed by atoms with Crippen molar-refractivity contribution in [2.45, 2.75) is 25.3 Å². The number of halogens is 4. The summed E-state index contributed by atoms with van der Waals surface area (Å²) in [5.74, 6) is -5.88. The fraction of sp³-hybridized carbons (Fsp3) is 0.462. The van der Waals surface area contributed by atoms with Crippen LogP contribution in [0, 0.1) is 11.6 Å². The molecule has 1 aromatic carbocycles. The number of rotatable bonds is 5. The zero-order valence-corrected chi connectivity index (χ0v) is 11.1. The van der Waals surface area contributed by atoms with Gasteiger partial charge in [-0.3, -0.25) is 0 Å². The molecule has 0 bridgehead atoms. The summed E-state index contributed by atoms with van der Waals surface area (Å²) in [5, 5.41) is 2.31. The number of amides is 1. The van der Waals surface area contributed by atoms with Crippen LogP contribution in [0.2, 0.25) is 0 Å². The summed E-state index contributed by atoms with van der Waals surface area (Å²) < 4.78 is 62.3. The third kappa shape index (κ3) is 3.77. The Morgan fingerprint density at radius 3 is 2.67 bits per heavy atom. The van der Waals surface area contributed by atoms with Gasteiger partial charge in [-0.15, -0.1) is 0 Å². The predicted octanol–water partition coefficient (Wildman–Crippen LogP) is 3.17. The van der Waals surface area contributed by atoms with E-state index in [9.17, 15) is 22.4 Å². The maximum Gasteiger partial charge on any atom is 0.407 e. The first kappa shape index (κ1) is 15.4. The van der Waals surface area contributed by atoms with Crippen molar-refractivity contribution in [1.82, 2.24) is 5.32 Å². The van der Waals surface area contributed by atoms with Gasteiger partial charge in [0, 0.05) is 12.0 Å². The highest BCUT2D eigenvalue weighted by molar-refractivity contribution is 5.70. The Morgan fingerprint density at radius 2 is 2.10 bits per heavy atom. The first-order valence-electron chi connectivity index (χ1n) is 6.20. The van der Waals surface area contributed by atoms with Crippen molar-refractivity contribution in [3.05, 3.63) is 29.3 Å². The summed E-state index contributed by atoms with van der Waals surface area (Å²) in [6.07, 6.45) is -1.33. The molecule has 1 atom stereocenters. The van der Waals surface area contributed by atoms with Gasteiger partial charge in [0.05, 0.1) is 12.6 Å². The lowest BCUT2D eigenvalue weighted by atomic mass is 10.1. The maximum atomic E-state index is 13.9. The minimum atomic E-state index is -2.94. The standard InChI is InChI=1S/C13H13F4NO3/c1-13(16,17)4-5-20-9-3-2-7(10(14)11(9)15)8-6-21-12(19)18-8/h2-3,8H,4-6H2,1H3,(H,18,19). The molecule has 0 aromatic heterocycles. The molecule has 0 radical (unpaired) electrons. The Kier molecular flexibility index (Phi) is 4.24. The van der Waals surface area contributed by atoms with Crippen LogP contribution in [-0.2, 0) is 4.74 Å². The van der Waals surface area contributed by atoms with Crippen LogP contribution in [0.15, 0.2) is 12.1 Å². The Labute approximate surface area is 118 Å². The van der Waals surface area contributed by atoms with E-state index in [2.05, 4.69) is 10.1 Å². The average molecular weight is 307 g/mol. The molecule has 0 aliphatic carbocycles. The number of carbonyl (C=O) groups excluding carboxylic acids is 1. The van der Waals surface area contributed by atoms with Crippen LogP contribution < -0.4 is 10.1 Å². The molecule has 1 aromatic rings. The zero-order chi connectivity index (χ0) is 15.6. The number of nitrogens with one attached hydrogen (secondary N) is 1. The lowest BCUT2D eigenvalue weighted by Crippen LogP contribution is -2.20. The molecule has 1 aliphatic heterocycles. The van der Waals surface area contributed by atoms with Crippen molar-refractivity contribution in [3.8, 4) is 5.75 Å². The summed E-state index contributed by atoms with van der Waals surface area (Å²) >= 11 is 0. The highest BCUT2D eigenvalue weighted by Gasteiger charge is 2.29. The van der Waals surface area contributed by atoms with Crippen molar-refractivity contribution in [2.24, 2.45) is 0 Å². The van der Waals surface area contributed by atoms with Crippen molar-refractivity contribution in [2.75, 3.05) is 13.2 Å². The van der Waals surface area contributed by atoms with E-state index < -0.39 is 48.5 Å². The van der Waals surface area contributed by atoms with E-state index in [-0.39, 0.29) is 12.2 Å². The minimum absolute atomic E-state index is 0.0912. The number of ether oxygens (including phenoxy) is 2. The van der Waals surface area contributed by atoms with Crippen LogP contribution in [0.1, 0.15) is 24.9 Å². The molecular weight excluding hydrogens is 294 g/mol. The molecule has 1 saturated heterocycles. The number of carbonyl (C=O) groups is 1. The van der Waals surface area contributed by atoms with Gasteiger partial charge >= 0.3 is 6.09 Å². The number of alkyl halides is 2. The van der Waals surface area contributed by atoms with Gasteiger partial charge in [0.2, 0.25) is 11.7 Å². The van der Waals surface area contributed by atoms with Crippen LogP contribution in [0.5, 0.6) is 5.75 Å². The second kappa shape index (κ2) is 5.79. The Balaban J connectivity index is 2.08. The number of alkyl carbamates (subject to hydrolysis) is 1. The summed E-state index contributed by atoms with van der Waals surface area (Å²) in [7, 11) is 0. The topological polar surface area (TPSA) is 47.6 Å². The average Bonchev–Trinajstić information content (AvgIpc) is 2.80. The SMILES string of the molecule is CC(F)(F)CCOc1ccc(C2COC(=O)N2)c(F)c1F. The van der Waals surface area contributed by atoms with Crippen LogP contribution in [0.4, 0.5) is 22.4 Å². The largest absolute Gasteiger partial charge is 0.490 e. The van der Waals surface area contributed by atoms with Crippen molar-refractivity contribution in [1.29, 1.82) is 0 Å². The number of hydrogen-bond donors (Lipinski definition) is 1. The van der Waals surface area contributed by atoms with E-state index in [4.69, 9.17) is 4.74 Å². The van der Waals surface area contributed by atoms with Gasteiger partial charge in [0.1, 0.15) is 6.61 Å². The van der Waals surface area contributed by atoms with Crippen LogP contribution in [0.3, 0.4) is 0 Å². The van der Waals surface area contributed by atoms with E-state index in [1.807, 2.05) is 0 Å². The lowest BCUT2D eigenvalue weighted by Gasteiger charge is -2.14. The molecule has 1 fully saturated rings. The van der Waals surface area contributed by atoms with Gasteiger partial charge in [-0.05, 0) is 19.1 Å². The molecule has 0 spiro atoms. The van der Waals surface area contributed by atoms with Crippen molar-refractivity contribution >= 4 is 6.09 Å². The molecule has 1 heterocycles. The van der Waals surface area contributed by atoms with E-state index in [0.717, 1.165) is 6.07 Å². The second-order valence-electron chi connectivity index (χ2n) is 4.74. The van der Waals surface area contributed by atoms with Crippen molar-refractivity contribution in [3.63, 3.8) is 0 Å². The quantitative estimate of drug-likeness (QED) is 0.850. The molecule has 1 unspecified atom stereocenters. The van der Waals surface area contributed by atoms with Gasteiger partial charge in [0.25, 0.3) is 0 Å². The van der Waals surface area contributed by atoms with Crippen LogP contribution in [-0.4, -0.2) is 25.2 Å². The Hall–Kier alpha value is -1.99. The number of benzene rings is 1. The summed E-state index contributed by atoms with van der Waals surface area (Å²) in [5.41, 5.74) is -0.0912. The monoisotopic (exact) mass is 307 g/mol. The van der Waals surface area contributed by atoms with E-state index in [1.54, 1.807) is 0 Å². The van der Waals surface area contributed by atoms with Gasteiger partial charge in [-0.1, -0.05) is 0 Å². The minimum Gasteiger partial charge on any atom is -0.490 e. The molecule has 21 heavy (non-hydrogen) atoms. The normalized spacial score (nSPS) is 18.3. The maximum absolute atomic E-state index is 13.9. The van der Waals surface area contributed by atoms with Gasteiger partial charge in [0.15, 0.2) is 11.6 Å². The highest BCUT2D eigenvalue weighted by Crippen LogP contribution is 2.29. The predicted molar refractivity (Wildman–Crippen MR) is 64.3 cm³/mol. The summed E-state index contributed by atoms with van der Waals surface area (Å²) in [6.45, 7) is 0.152. The molecule has 1 N–H and O–H groups in total. The fourth-order valence-electron chi connectivity index (χ4n) is 1.82. The Morgan fingerprint density at radius 1 is 1.38 bits per heavy atom. The van der Waals surface area contributed by atoms with E-state index in [1.165, 1.54) is 6.07 Å². The third-order valence-electron chi connectivity index (χ3n) is 2.92. The fourth-order valence-corrected chi connectivity index (χ4v) is 1.82. The van der Waals surface area contributed by atoms with Gasteiger partial charge in [-0.25, -0.2) is 18.0 Å². The van der Waals surface area contributed by atoms with Crippen molar-refractivity contribution < 1.29 is 31.8 Å². The highest BCUT2D eigenvalue weighted by atomic mass is 19.3. The molecule has 116 valence electrons. The first-order chi connectivity index (χ1) is 9.78. The smallest absolute Gasteiger partial charge is 0.407 e. The van der Waals surface area contributed by atoms with E-state index in [0.29, 0.717) is 6.92 Å². The number of cyclic esters (lactones) is 1. The van der Waals surface area contributed by atoms with Crippen LogP contribution >= 0.6 is 0 Å². The second-order valence-corrected chi connectivity index (χ2v) is 4.74.